The number of amides is 1. The van der Waals surface area contributed by atoms with Gasteiger partial charge in [0.05, 0.1) is 30.0 Å². The molecular formula is C23H21N3O4S. The number of ether oxygens (including phenoxy) is 2. The van der Waals surface area contributed by atoms with Gasteiger partial charge in [-0.25, -0.2) is 9.48 Å². The number of para-hydroxylation sites is 1. The van der Waals surface area contributed by atoms with Crippen molar-refractivity contribution in [2.75, 3.05) is 19.0 Å². The number of anilines is 1. The number of aromatic nitrogens is 2. The highest BCUT2D eigenvalue weighted by atomic mass is 32.1. The number of rotatable bonds is 6. The summed E-state index contributed by atoms with van der Waals surface area (Å²) in [6.07, 6.45) is 0. The van der Waals surface area contributed by atoms with E-state index in [0.29, 0.717) is 21.9 Å². The smallest absolute Gasteiger partial charge is 0.341 e. The van der Waals surface area contributed by atoms with Crippen molar-refractivity contribution in [1.29, 1.82) is 0 Å². The average molecular weight is 436 g/mol. The second-order valence-electron chi connectivity index (χ2n) is 6.75. The summed E-state index contributed by atoms with van der Waals surface area (Å²) in [5.41, 5.74) is 2.62. The van der Waals surface area contributed by atoms with E-state index in [1.165, 1.54) is 18.4 Å². The van der Waals surface area contributed by atoms with Crippen molar-refractivity contribution in [2.45, 2.75) is 13.8 Å². The number of methoxy groups -OCH3 is 1. The van der Waals surface area contributed by atoms with Gasteiger partial charge in [-0.2, -0.15) is 5.10 Å². The highest BCUT2D eigenvalue weighted by molar-refractivity contribution is 7.20. The van der Waals surface area contributed by atoms with Crippen molar-refractivity contribution >= 4 is 39.1 Å². The molecule has 0 radical (unpaired) electrons. The van der Waals surface area contributed by atoms with Gasteiger partial charge in [0.25, 0.3) is 5.91 Å². The summed E-state index contributed by atoms with van der Waals surface area (Å²) in [5, 5.41) is 8.41. The number of hydrogen-bond acceptors (Lipinski definition) is 6. The molecule has 0 spiro atoms. The van der Waals surface area contributed by atoms with E-state index < -0.39 is 5.97 Å². The van der Waals surface area contributed by atoms with Gasteiger partial charge in [-0.05, 0) is 44.2 Å². The summed E-state index contributed by atoms with van der Waals surface area (Å²) < 4.78 is 12.2. The monoisotopic (exact) mass is 435 g/mol. The van der Waals surface area contributed by atoms with Crippen LogP contribution in [-0.4, -0.2) is 35.4 Å². The molecule has 7 nitrogen and oxygen atoms in total. The van der Waals surface area contributed by atoms with E-state index in [1.807, 2.05) is 48.0 Å². The predicted molar refractivity (Wildman–Crippen MR) is 121 cm³/mol. The maximum absolute atomic E-state index is 12.9. The zero-order valence-corrected chi connectivity index (χ0v) is 18.2. The molecular weight excluding hydrogens is 414 g/mol. The van der Waals surface area contributed by atoms with Crippen LogP contribution in [0.4, 0.5) is 5.69 Å². The van der Waals surface area contributed by atoms with Gasteiger partial charge >= 0.3 is 5.97 Å². The number of carbonyl (C=O) groups excluding carboxylic acids is 2. The quantitative estimate of drug-likeness (QED) is 0.439. The topological polar surface area (TPSA) is 82.5 Å². The number of thiophene rings is 1. The lowest BCUT2D eigenvalue weighted by Crippen LogP contribution is -2.11. The fraction of sp³-hybridized carbons (Fsp3) is 0.174. The molecule has 31 heavy (non-hydrogen) atoms. The summed E-state index contributed by atoms with van der Waals surface area (Å²) in [7, 11) is 1.47. The zero-order valence-electron chi connectivity index (χ0n) is 17.3. The lowest BCUT2D eigenvalue weighted by Gasteiger charge is -2.10. The Morgan fingerprint density at radius 3 is 2.61 bits per heavy atom. The highest BCUT2D eigenvalue weighted by Gasteiger charge is 2.19. The molecule has 0 aliphatic carbocycles. The Morgan fingerprint density at radius 1 is 1.13 bits per heavy atom. The molecule has 4 aromatic rings. The number of fused-ring (bicyclic) bond motifs is 1. The summed E-state index contributed by atoms with van der Waals surface area (Å²) in [6, 6.07) is 16.5. The van der Waals surface area contributed by atoms with Crippen LogP contribution < -0.4 is 10.1 Å². The van der Waals surface area contributed by atoms with Crippen LogP contribution in [0.3, 0.4) is 0 Å². The first-order valence-corrected chi connectivity index (χ1v) is 10.5. The first-order valence-electron chi connectivity index (χ1n) is 9.73. The van der Waals surface area contributed by atoms with Crippen LogP contribution in [0, 0.1) is 6.92 Å². The molecule has 0 saturated heterocycles. The maximum Gasteiger partial charge on any atom is 0.341 e. The van der Waals surface area contributed by atoms with Crippen molar-refractivity contribution in [1.82, 2.24) is 9.78 Å². The molecule has 1 amide bonds. The third-order valence-corrected chi connectivity index (χ3v) is 5.83. The van der Waals surface area contributed by atoms with Crippen LogP contribution in [0.15, 0.2) is 54.6 Å². The van der Waals surface area contributed by atoms with Crippen molar-refractivity contribution in [3.63, 3.8) is 0 Å². The number of benzene rings is 2. The van der Waals surface area contributed by atoms with E-state index in [1.54, 1.807) is 25.1 Å². The van der Waals surface area contributed by atoms with E-state index in [9.17, 15) is 9.59 Å². The normalized spacial score (nSPS) is 10.8. The Morgan fingerprint density at radius 2 is 1.90 bits per heavy atom. The van der Waals surface area contributed by atoms with Gasteiger partial charge in [-0.15, -0.1) is 11.3 Å². The first kappa shape index (κ1) is 20.6. The van der Waals surface area contributed by atoms with Crippen LogP contribution in [0.1, 0.15) is 32.6 Å². The molecule has 0 unspecified atom stereocenters. The van der Waals surface area contributed by atoms with Crippen LogP contribution >= 0.6 is 11.3 Å². The van der Waals surface area contributed by atoms with Gasteiger partial charge in [-0.3, -0.25) is 4.79 Å². The van der Waals surface area contributed by atoms with E-state index in [0.717, 1.165) is 21.6 Å². The van der Waals surface area contributed by atoms with Gasteiger partial charge in [-0.1, -0.05) is 18.2 Å². The Hall–Kier alpha value is -3.65. The molecule has 8 heteroatoms. The summed E-state index contributed by atoms with van der Waals surface area (Å²) in [6.45, 7) is 3.93. The van der Waals surface area contributed by atoms with E-state index in [-0.39, 0.29) is 12.5 Å². The molecule has 0 fully saturated rings. The van der Waals surface area contributed by atoms with Crippen LogP contribution in [-0.2, 0) is 4.74 Å². The third-order valence-electron chi connectivity index (χ3n) is 4.72. The van der Waals surface area contributed by atoms with Crippen molar-refractivity contribution < 1.29 is 19.1 Å². The number of nitrogens with zero attached hydrogens (tertiary/aromatic N) is 2. The minimum atomic E-state index is -0.470. The SMILES string of the molecule is CCOC(=O)c1ccc(NC(=O)c2cc3c(C)nn(-c4ccccc4)c3s2)cc1OC. The van der Waals surface area contributed by atoms with Crippen molar-refractivity contribution in [3.05, 3.63) is 70.7 Å². The number of aryl methyl sites for hydroxylation is 1. The van der Waals surface area contributed by atoms with E-state index in [4.69, 9.17) is 9.47 Å². The number of carbonyl (C=O) groups is 2. The Labute approximate surface area is 183 Å². The number of hydrogen-bond donors (Lipinski definition) is 1. The summed E-state index contributed by atoms with van der Waals surface area (Å²) in [5.74, 6) is -0.378. The fourth-order valence-electron chi connectivity index (χ4n) is 3.24. The Balaban J connectivity index is 1.61. The standard InChI is InChI=1S/C23H21N3O4S/c1-4-30-23(28)17-11-10-15(12-19(17)29-3)24-21(27)20-13-18-14(2)25-26(22(18)31-20)16-8-6-5-7-9-16/h5-13H,4H2,1-3H3,(H,24,27). The highest BCUT2D eigenvalue weighted by Crippen LogP contribution is 2.31. The second-order valence-corrected chi connectivity index (χ2v) is 7.78. The van der Waals surface area contributed by atoms with Crippen LogP contribution in [0.2, 0.25) is 0 Å². The fourth-order valence-corrected chi connectivity index (χ4v) is 4.32. The Kier molecular flexibility index (Phi) is 5.73. The molecule has 1 N–H and O–H groups in total. The van der Waals surface area contributed by atoms with E-state index in [2.05, 4.69) is 10.4 Å². The molecule has 0 saturated carbocycles. The van der Waals surface area contributed by atoms with Crippen LogP contribution in [0.25, 0.3) is 15.9 Å². The van der Waals surface area contributed by atoms with Crippen LogP contribution in [0.5, 0.6) is 5.75 Å². The largest absolute Gasteiger partial charge is 0.496 e. The predicted octanol–water partition coefficient (Wildman–Crippen LogP) is 4.83. The van der Waals surface area contributed by atoms with E-state index >= 15 is 0 Å². The molecule has 158 valence electrons. The van der Waals surface area contributed by atoms with Gasteiger partial charge < -0.3 is 14.8 Å². The summed E-state index contributed by atoms with van der Waals surface area (Å²) >= 11 is 1.37. The number of esters is 1. The van der Waals surface area contributed by atoms with Crippen molar-refractivity contribution in [2.24, 2.45) is 0 Å². The lowest BCUT2D eigenvalue weighted by molar-refractivity contribution is 0.0522. The maximum atomic E-state index is 12.9. The zero-order chi connectivity index (χ0) is 22.0. The molecule has 0 bridgehead atoms. The van der Waals surface area contributed by atoms with Crippen molar-refractivity contribution in [3.8, 4) is 11.4 Å². The minimum Gasteiger partial charge on any atom is -0.496 e. The average Bonchev–Trinajstić information content (AvgIpc) is 3.35. The second kappa shape index (κ2) is 8.61. The molecule has 2 aromatic carbocycles. The first-order chi connectivity index (χ1) is 15.0. The molecule has 2 heterocycles. The number of nitrogens with one attached hydrogen (secondary N) is 1. The molecule has 0 aliphatic rings. The van der Waals surface area contributed by atoms with Gasteiger partial charge in [0.15, 0.2) is 0 Å². The molecule has 0 aliphatic heterocycles. The van der Waals surface area contributed by atoms with Gasteiger partial charge in [0.1, 0.15) is 16.1 Å². The third kappa shape index (κ3) is 4.02. The minimum absolute atomic E-state index is 0.244. The molecule has 0 atom stereocenters. The van der Waals surface area contributed by atoms with Gasteiger partial charge in [0.2, 0.25) is 0 Å². The summed E-state index contributed by atoms with van der Waals surface area (Å²) in [4.78, 5) is 26.4. The lowest BCUT2D eigenvalue weighted by atomic mass is 10.1. The Bertz CT molecular complexity index is 1260. The van der Waals surface area contributed by atoms with Gasteiger partial charge in [0, 0.05) is 17.1 Å². The molecule has 2 aromatic heterocycles. The molecule has 4 rings (SSSR count).